The molecule has 0 aromatic heterocycles. The van der Waals surface area contributed by atoms with Gasteiger partial charge in [0.1, 0.15) is 0 Å². The molecule has 1 aliphatic rings. The molecule has 29 heavy (non-hydrogen) atoms. The molecule has 0 radical (unpaired) electrons. The fraction of sp³-hybridized carbons (Fsp3) is 0.381. The molecule has 3 rings (SSSR count). The van der Waals surface area contributed by atoms with Gasteiger partial charge < -0.3 is 4.90 Å². The monoisotopic (exact) mass is 479 g/mol. The highest BCUT2D eigenvalue weighted by molar-refractivity contribution is 9.10. The lowest BCUT2D eigenvalue weighted by Gasteiger charge is -2.22. The van der Waals surface area contributed by atoms with E-state index < -0.39 is 10.0 Å². The van der Waals surface area contributed by atoms with Crippen LogP contribution < -0.4 is 4.72 Å². The zero-order valence-electron chi connectivity index (χ0n) is 16.3. The number of carbonyl (C=O) groups is 1. The number of nitrogens with one attached hydrogen (secondary N) is 1. The van der Waals surface area contributed by atoms with Gasteiger partial charge in [-0.2, -0.15) is 0 Å². The highest BCUT2D eigenvalue weighted by Gasteiger charge is 2.20. The lowest BCUT2D eigenvalue weighted by atomic mass is 10.2. The molecule has 1 fully saturated rings. The molecule has 0 atom stereocenters. The second kappa shape index (κ2) is 10.3. The van der Waals surface area contributed by atoms with E-state index in [1.54, 1.807) is 12.1 Å². The van der Waals surface area contributed by atoms with Crippen LogP contribution in [0.15, 0.2) is 64.0 Å². The summed E-state index contributed by atoms with van der Waals surface area (Å²) >= 11 is 3.29. The Morgan fingerprint density at radius 3 is 2.41 bits per heavy atom. The van der Waals surface area contributed by atoms with Gasteiger partial charge in [-0.3, -0.25) is 9.69 Å². The third-order valence-corrected chi connectivity index (χ3v) is 6.95. The van der Waals surface area contributed by atoms with Crippen LogP contribution in [0.2, 0.25) is 0 Å². The van der Waals surface area contributed by atoms with Crippen molar-refractivity contribution in [3.63, 3.8) is 0 Å². The minimum absolute atomic E-state index is 0.00920. The van der Waals surface area contributed by atoms with Gasteiger partial charge in [0.05, 0.1) is 4.90 Å². The van der Waals surface area contributed by atoms with Gasteiger partial charge in [-0.1, -0.05) is 46.3 Å². The number of hydrogen-bond donors (Lipinski definition) is 1. The zero-order valence-corrected chi connectivity index (χ0v) is 18.7. The van der Waals surface area contributed by atoms with Crippen LogP contribution in [-0.4, -0.2) is 56.8 Å². The van der Waals surface area contributed by atoms with Crippen LogP contribution in [0.3, 0.4) is 0 Å². The Hall–Kier alpha value is -1.74. The molecular weight excluding hydrogens is 454 g/mol. The molecule has 0 bridgehead atoms. The highest BCUT2D eigenvalue weighted by Crippen LogP contribution is 2.14. The van der Waals surface area contributed by atoms with E-state index in [0.29, 0.717) is 13.1 Å². The predicted octanol–water partition coefficient (Wildman–Crippen LogP) is 2.85. The van der Waals surface area contributed by atoms with Crippen molar-refractivity contribution >= 4 is 31.9 Å². The summed E-state index contributed by atoms with van der Waals surface area (Å²) in [6.45, 7) is 4.14. The van der Waals surface area contributed by atoms with Gasteiger partial charge in [0.15, 0.2) is 0 Å². The summed E-state index contributed by atoms with van der Waals surface area (Å²) in [5, 5.41) is 0. The van der Waals surface area contributed by atoms with E-state index in [0.717, 1.165) is 30.5 Å². The molecule has 0 saturated carbocycles. The van der Waals surface area contributed by atoms with E-state index in [2.05, 4.69) is 37.7 Å². The average molecular weight is 480 g/mol. The van der Waals surface area contributed by atoms with E-state index in [1.165, 1.54) is 17.7 Å². The number of sulfonamides is 1. The van der Waals surface area contributed by atoms with E-state index >= 15 is 0 Å². The molecule has 6 nitrogen and oxygen atoms in total. The van der Waals surface area contributed by atoms with E-state index in [1.807, 2.05) is 23.1 Å². The molecule has 8 heteroatoms. The number of carbonyl (C=O) groups excluding carboxylic acids is 1. The Bertz CT molecular complexity index is 905. The molecule has 2 aromatic rings. The smallest absolute Gasteiger partial charge is 0.240 e. The molecule has 1 heterocycles. The maximum atomic E-state index is 12.5. The van der Waals surface area contributed by atoms with Gasteiger partial charge in [-0.15, -0.1) is 0 Å². The van der Waals surface area contributed by atoms with Gasteiger partial charge in [-0.25, -0.2) is 13.1 Å². The van der Waals surface area contributed by atoms with Crippen molar-refractivity contribution in [1.82, 2.24) is 14.5 Å². The fourth-order valence-electron chi connectivity index (χ4n) is 3.37. The predicted molar refractivity (Wildman–Crippen MR) is 117 cm³/mol. The molecule has 156 valence electrons. The largest absolute Gasteiger partial charge is 0.341 e. The maximum Gasteiger partial charge on any atom is 0.240 e. The van der Waals surface area contributed by atoms with Crippen molar-refractivity contribution in [2.24, 2.45) is 0 Å². The summed E-state index contributed by atoms with van der Waals surface area (Å²) in [4.78, 5) is 16.9. The number of halogens is 1. The van der Waals surface area contributed by atoms with Crippen LogP contribution in [0.5, 0.6) is 0 Å². The summed E-state index contributed by atoms with van der Waals surface area (Å²) in [6.07, 6.45) is 1.08. The first-order valence-corrected chi connectivity index (χ1v) is 12.0. The fourth-order valence-corrected chi connectivity index (χ4v) is 4.66. The molecule has 1 amide bonds. The Morgan fingerprint density at radius 2 is 1.69 bits per heavy atom. The SMILES string of the molecule is O=C(CCNS(=O)(=O)c1ccc(Br)cc1)N1CCCN(Cc2ccccc2)CC1. The van der Waals surface area contributed by atoms with Crippen LogP contribution in [-0.2, 0) is 21.4 Å². The van der Waals surface area contributed by atoms with Crippen LogP contribution >= 0.6 is 15.9 Å². The van der Waals surface area contributed by atoms with Crippen molar-refractivity contribution in [3.05, 3.63) is 64.6 Å². The van der Waals surface area contributed by atoms with Crippen LogP contribution in [0.4, 0.5) is 0 Å². The Balaban J connectivity index is 1.45. The van der Waals surface area contributed by atoms with E-state index in [-0.39, 0.29) is 23.8 Å². The van der Waals surface area contributed by atoms with Gasteiger partial charge in [-0.05, 0) is 36.2 Å². The molecule has 2 aromatic carbocycles. The van der Waals surface area contributed by atoms with E-state index in [9.17, 15) is 13.2 Å². The summed E-state index contributed by atoms with van der Waals surface area (Å²) in [5.74, 6) is -0.00920. The first kappa shape index (κ1) is 22.0. The molecule has 1 N–H and O–H groups in total. The standard InChI is InChI=1S/C21H26BrN3O3S/c22-19-7-9-20(10-8-19)29(27,28)23-12-11-21(26)25-14-4-13-24(15-16-25)17-18-5-2-1-3-6-18/h1-3,5-10,23H,4,11-17H2. The third kappa shape index (κ3) is 6.64. The summed E-state index contributed by atoms with van der Waals surface area (Å²) < 4.78 is 28.0. The van der Waals surface area contributed by atoms with Crippen molar-refractivity contribution in [2.45, 2.75) is 24.3 Å². The quantitative estimate of drug-likeness (QED) is 0.662. The third-order valence-electron chi connectivity index (χ3n) is 4.95. The Kier molecular flexibility index (Phi) is 7.83. The molecule has 0 aliphatic carbocycles. The Morgan fingerprint density at radius 1 is 0.966 bits per heavy atom. The van der Waals surface area contributed by atoms with Crippen LogP contribution in [0, 0.1) is 0 Å². The average Bonchev–Trinajstić information content (AvgIpc) is 2.94. The summed E-state index contributed by atoms with van der Waals surface area (Å²) in [7, 11) is -3.60. The first-order valence-electron chi connectivity index (χ1n) is 9.73. The van der Waals surface area contributed by atoms with Crippen molar-refractivity contribution < 1.29 is 13.2 Å². The van der Waals surface area contributed by atoms with Crippen molar-refractivity contribution in [1.29, 1.82) is 0 Å². The van der Waals surface area contributed by atoms with Crippen molar-refractivity contribution in [2.75, 3.05) is 32.7 Å². The minimum atomic E-state index is -3.60. The van der Waals surface area contributed by atoms with E-state index in [4.69, 9.17) is 0 Å². The van der Waals surface area contributed by atoms with Crippen molar-refractivity contribution in [3.8, 4) is 0 Å². The van der Waals surface area contributed by atoms with Crippen LogP contribution in [0.1, 0.15) is 18.4 Å². The molecule has 1 saturated heterocycles. The first-order chi connectivity index (χ1) is 13.9. The molecule has 0 unspecified atom stereocenters. The number of hydrogen-bond acceptors (Lipinski definition) is 4. The maximum absolute atomic E-state index is 12.5. The molecule has 1 aliphatic heterocycles. The summed E-state index contributed by atoms with van der Waals surface area (Å²) in [6, 6.07) is 16.7. The van der Waals surface area contributed by atoms with Crippen LogP contribution in [0.25, 0.3) is 0 Å². The number of amides is 1. The van der Waals surface area contributed by atoms with Gasteiger partial charge >= 0.3 is 0 Å². The lowest BCUT2D eigenvalue weighted by Crippen LogP contribution is -2.37. The Labute approximate surface area is 181 Å². The van der Waals surface area contributed by atoms with Gasteiger partial charge in [0.25, 0.3) is 0 Å². The minimum Gasteiger partial charge on any atom is -0.341 e. The number of nitrogens with zero attached hydrogens (tertiary/aromatic N) is 2. The molecular formula is C21H26BrN3O3S. The molecule has 0 spiro atoms. The number of rotatable bonds is 7. The summed E-state index contributed by atoms with van der Waals surface area (Å²) in [5.41, 5.74) is 1.27. The highest BCUT2D eigenvalue weighted by atomic mass is 79.9. The second-order valence-corrected chi connectivity index (χ2v) is 9.78. The zero-order chi connectivity index (χ0) is 20.7. The second-order valence-electron chi connectivity index (χ2n) is 7.10. The number of benzene rings is 2. The van der Waals surface area contributed by atoms with Gasteiger partial charge in [0, 0.05) is 50.2 Å². The lowest BCUT2D eigenvalue weighted by molar-refractivity contribution is -0.130. The topological polar surface area (TPSA) is 69.7 Å². The normalized spacial score (nSPS) is 15.8. The van der Waals surface area contributed by atoms with Gasteiger partial charge in [0.2, 0.25) is 15.9 Å².